The molecule has 0 aromatic carbocycles. The van der Waals surface area contributed by atoms with Crippen molar-refractivity contribution in [2.75, 3.05) is 40.4 Å². The van der Waals surface area contributed by atoms with Gasteiger partial charge in [0.05, 0.1) is 13.2 Å². The fraction of sp³-hybridized carbons (Fsp3) is 1.00. The van der Waals surface area contributed by atoms with E-state index in [1.54, 1.807) is 0 Å². The number of hydrogen-bond donors (Lipinski definition) is 0. The first kappa shape index (κ1) is 8.88. The zero-order valence-electron chi connectivity index (χ0n) is 6.18. The van der Waals surface area contributed by atoms with Crippen LogP contribution in [0.2, 0.25) is 0 Å². The summed E-state index contributed by atoms with van der Waals surface area (Å²) in [5.41, 5.74) is 6.75. The summed E-state index contributed by atoms with van der Waals surface area (Å²) < 4.78 is 5.06. The molecule has 0 aliphatic heterocycles. The van der Waals surface area contributed by atoms with Crippen molar-refractivity contribution in [3.05, 3.63) is 0 Å². The second-order valence-corrected chi connectivity index (χ2v) is 2.17. The summed E-state index contributed by atoms with van der Waals surface area (Å²) in [7, 11) is 4.01. The normalized spacial score (nSPS) is 10.7. The van der Waals surface area contributed by atoms with Crippen LogP contribution in [-0.2, 0) is 4.74 Å². The minimum Gasteiger partial charge on any atom is -0.379 e. The maximum absolute atomic E-state index is 6.75. The van der Waals surface area contributed by atoms with Gasteiger partial charge in [-0.2, -0.15) is 0 Å². The Balaban J connectivity index is 2.75. The van der Waals surface area contributed by atoms with Crippen molar-refractivity contribution >= 4 is 0 Å². The zero-order chi connectivity index (χ0) is 7.11. The predicted octanol–water partition coefficient (Wildman–Crippen LogP) is -0.153. The topological polar surface area (TPSA) is 36.3 Å². The molecule has 0 heterocycles. The van der Waals surface area contributed by atoms with Crippen LogP contribution in [0.4, 0.5) is 0 Å². The Morgan fingerprint density at radius 1 is 1.33 bits per heavy atom. The second-order valence-electron chi connectivity index (χ2n) is 2.17. The molecule has 0 aliphatic carbocycles. The lowest BCUT2D eigenvalue weighted by Gasteiger charge is -2.08. The van der Waals surface area contributed by atoms with Crippen LogP contribution in [0.25, 0.3) is 0 Å². The quantitative estimate of drug-likeness (QED) is 0.486. The SMILES string of the molecule is CN(C)CCOCC[NH]. The highest BCUT2D eigenvalue weighted by Crippen LogP contribution is 1.76. The van der Waals surface area contributed by atoms with E-state index in [0.717, 1.165) is 13.2 Å². The van der Waals surface area contributed by atoms with Gasteiger partial charge in [-0.1, -0.05) is 0 Å². The van der Waals surface area contributed by atoms with Gasteiger partial charge in [-0.25, -0.2) is 0 Å². The van der Waals surface area contributed by atoms with E-state index in [0.29, 0.717) is 13.2 Å². The number of nitrogens with one attached hydrogen (secondary N) is 1. The molecule has 0 atom stereocenters. The average molecular weight is 131 g/mol. The standard InChI is InChI=1S/C6H15N2O/c1-8(2)4-6-9-5-3-7/h7H,3-6H2,1-2H3. The molecule has 0 bridgehead atoms. The van der Waals surface area contributed by atoms with Gasteiger partial charge in [0.2, 0.25) is 0 Å². The van der Waals surface area contributed by atoms with Gasteiger partial charge in [-0.3, -0.25) is 5.73 Å². The van der Waals surface area contributed by atoms with Crippen molar-refractivity contribution in [1.82, 2.24) is 10.6 Å². The van der Waals surface area contributed by atoms with Crippen LogP contribution < -0.4 is 5.73 Å². The van der Waals surface area contributed by atoms with Crippen molar-refractivity contribution < 1.29 is 4.74 Å². The van der Waals surface area contributed by atoms with Crippen LogP contribution in [0.3, 0.4) is 0 Å². The number of hydrogen-bond acceptors (Lipinski definition) is 2. The first-order chi connectivity index (χ1) is 4.27. The van der Waals surface area contributed by atoms with E-state index in [9.17, 15) is 0 Å². The summed E-state index contributed by atoms with van der Waals surface area (Å²) in [5.74, 6) is 0. The van der Waals surface area contributed by atoms with Crippen LogP contribution in [0, 0.1) is 0 Å². The van der Waals surface area contributed by atoms with Crippen LogP contribution in [-0.4, -0.2) is 45.3 Å². The fourth-order valence-corrected chi connectivity index (χ4v) is 0.421. The summed E-state index contributed by atoms with van der Waals surface area (Å²) >= 11 is 0. The Morgan fingerprint density at radius 2 is 2.00 bits per heavy atom. The molecular formula is C6H15N2O. The molecule has 0 unspecified atom stereocenters. The first-order valence-corrected chi connectivity index (χ1v) is 3.14. The Bertz CT molecular complexity index is 57.0. The van der Waals surface area contributed by atoms with Gasteiger partial charge in [-0.05, 0) is 14.1 Å². The summed E-state index contributed by atoms with van der Waals surface area (Å²) in [4.78, 5) is 2.06. The minimum atomic E-state index is 0.368. The highest BCUT2D eigenvalue weighted by atomic mass is 16.5. The minimum absolute atomic E-state index is 0.368. The summed E-state index contributed by atoms with van der Waals surface area (Å²) in [5, 5.41) is 0. The van der Waals surface area contributed by atoms with E-state index < -0.39 is 0 Å². The van der Waals surface area contributed by atoms with E-state index in [4.69, 9.17) is 10.5 Å². The van der Waals surface area contributed by atoms with Gasteiger partial charge in [0.1, 0.15) is 0 Å². The van der Waals surface area contributed by atoms with Gasteiger partial charge < -0.3 is 9.64 Å². The van der Waals surface area contributed by atoms with Crippen LogP contribution in [0.1, 0.15) is 0 Å². The van der Waals surface area contributed by atoms with E-state index in [1.807, 2.05) is 14.1 Å². The molecule has 3 nitrogen and oxygen atoms in total. The molecule has 3 heteroatoms. The molecule has 0 fully saturated rings. The molecule has 1 N–H and O–H groups in total. The van der Waals surface area contributed by atoms with E-state index in [-0.39, 0.29) is 0 Å². The Kier molecular flexibility index (Phi) is 5.93. The third kappa shape index (κ3) is 7.88. The van der Waals surface area contributed by atoms with Crippen molar-refractivity contribution in [2.45, 2.75) is 0 Å². The molecule has 0 aliphatic rings. The maximum atomic E-state index is 6.75. The molecule has 0 rings (SSSR count). The average Bonchev–Trinajstić information content (AvgIpc) is 1.80. The second kappa shape index (κ2) is 6.01. The molecule has 0 amide bonds. The van der Waals surface area contributed by atoms with Crippen LogP contribution in [0.15, 0.2) is 0 Å². The number of likely N-dealkylation sites (N-methyl/N-ethyl adjacent to an activating group) is 1. The van der Waals surface area contributed by atoms with Crippen molar-refractivity contribution in [1.29, 1.82) is 0 Å². The van der Waals surface area contributed by atoms with Crippen LogP contribution in [0.5, 0.6) is 0 Å². The monoisotopic (exact) mass is 131 g/mol. The fourth-order valence-electron chi connectivity index (χ4n) is 0.421. The molecule has 0 saturated heterocycles. The Labute approximate surface area is 56.8 Å². The van der Waals surface area contributed by atoms with Gasteiger partial charge in [-0.15, -0.1) is 0 Å². The van der Waals surface area contributed by atoms with Crippen molar-refractivity contribution in [3.63, 3.8) is 0 Å². The third-order valence-electron chi connectivity index (χ3n) is 0.929. The highest BCUT2D eigenvalue weighted by molar-refractivity contribution is 4.39. The Hall–Kier alpha value is -0.120. The summed E-state index contributed by atoms with van der Waals surface area (Å²) in [6.45, 7) is 2.62. The number of ether oxygens (including phenoxy) is 1. The van der Waals surface area contributed by atoms with Gasteiger partial charge in [0.15, 0.2) is 0 Å². The first-order valence-electron chi connectivity index (χ1n) is 3.14. The smallest absolute Gasteiger partial charge is 0.0605 e. The molecule has 0 saturated carbocycles. The molecule has 0 aromatic heterocycles. The van der Waals surface area contributed by atoms with Gasteiger partial charge in [0.25, 0.3) is 0 Å². The van der Waals surface area contributed by atoms with Crippen molar-refractivity contribution in [3.8, 4) is 0 Å². The van der Waals surface area contributed by atoms with E-state index >= 15 is 0 Å². The molecule has 1 radical (unpaired) electrons. The van der Waals surface area contributed by atoms with Crippen LogP contribution >= 0.6 is 0 Å². The lowest BCUT2D eigenvalue weighted by atomic mass is 10.6. The number of rotatable bonds is 5. The molecule has 9 heavy (non-hydrogen) atoms. The molecule has 0 spiro atoms. The molecule has 0 aromatic rings. The summed E-state index contributed by atoms with van der Waals surface area (Å²) in [6.07, 6.45) is 0. The van der Waals surface area contributed by atoms with Gasteiger partial charge >= 0.3 is 0 Å². The maximum Gasteiger partial charge on any atom is 0.0605 e. The predicted molar refractivity (Wildman–Crippen MR) is 37.3 cm³/mol. The third-order valence-corrected chi connectivity index (χ3v) is 0.929. The van der Waals surface area contributed by atoms with E-state index in [1.165, 1.54) is 0 Å². The summed E-state index contributed by atoms with van der Waals surface area (Å²) in [6, 6.07) is 0. The van der Waals surface area contributed by atoms with E-state index in [2.05, 4.69) is 4.90 Å². The number of nitrogens with zero attached hydrogens (tertiary/aromatic N) is 1. The lowest BCUT2D eigenvalue weighted by molar-refractivity contribution is 0.123. The van der Waals surface area contributed by atoms with Gasteiger partial charge in [0, 0.05) is 13.1 Å². The van der Waals surface area contributed by atoms with Crippen molar-refractivity contribution in [2.24, 2.45) is 0 Å². The molecule has 55 valence electrons. The molecular weight excluding hydrogens is 116 g/mol. The highest BCUT2D eigenvalue weighted by Gasteiger charge is 1.87. The largest absolute Gasteiger partial charge is 0.379 e. The zero-order valence-corrected chi connectivity index (χ0v) is 6.18. The lowest BCUT2D eigenvalue weighted by Crippen LogP contribution is -2.18. The Morgan fingerprint density at radius 3 is 2.44 bits per heavy atom.